The van der Waals surface area contributed by atoms with Crippen molar-refractivity contribution >= 4 is 23.1 Å². The van der Waals surface area contributed by atoms with Crippen molar-refractivity contribution in [2.45, 2.75) is 12.6 Å². The molecule has 134 valence electrons. The van der Waals surface area contributed by atoms with Gasteiger partial charge in [0.15, 0.2) is 5.76 Å². The molecule has 0 radical (unpaired) electrons. The van der Waals surface area contributed by atoms with Gasteiger partial charge in [0.2, 0.25) is 0 Å². The minimum Gasteiger partial charge on any atom is -0.503 e. The zero-order valence-electron chi connectivity index (χ0n) is 14.4. The number of aromatic nitrogens is 1. The average molecular weight is 377 g/mol. The number of halogens is 1. The number of carbonyl (C=O) groups is 1. The Labute approximate surface area is 162 Å². The SMILES string of the molecule is O=C1C(O)=C(c2ccccc2)C(c2ccc(Cl)cc2)N1Cc1cccnc1. The number of nitrogens with zero attached hydrogens (tertiary/aromatic N) is 2. The van der Waals surface area contributed by atoms with Crippen molar-refractivity contribution in [1.29, 1.82) is 0 Å². The van der Waals surface area contributed by atoms with Gasteiger partial charge in [0.1, 0.15) is 0 Å². The number of hydrogen-bond donors (Lipinski definition) is 1. The van der Waals surface area contributed by atoms with Gasteiger partial charge in [-0.25, -0.2) is 0 Å². The number of amides is 1. The van der Waals surface area contributed by atoms with Crippen LogP contribution in [-0.2, 0) is 11.3 Å². The number of aliphatic hydroxyl groups excluding tert-OH is 1. The van der Waals surface area contributed by atoms with Crippen LogP contribution in [0.15, 0.2) is 84.9 Å². The van der Waals surface area contributed by atoms with Crippen LogP contribution in [0.2, 0.25) is 5.02 Å². The molecule has 1 unspecified atom stereocenters. The third-order valence-corrected chi connectivity index (χ3v) is 4.90. The summed E-state index contributed by atoms with van der Waals surface area (Å²) in [5.74, 6) is -0.609. The summed E-state index contributed by atoms with van der Waals surface area (Å²) in [6, 6.07) is 20.2. The van der Waals surface area contributed by atoms with Crippen molar-refractivity contribution in [3.8, 4) is 0 Å². The molecule has 0 spiro atoms. The summed E-state index contributed by atoms with van der Waals surface area (Å²) >= 11 is 6.05. The first-order valence-corrected chi connectivity index (χ1v) is 8.97. The van der Waals surface area contributed by atoms with E-state index in [1.54, 1.807) is 29.4 Å². The van der Waals surface area contributed by atoms with E-state index in [1.165, 1.54) is 0 Å². The minimum atomic E-state index is -0.405. The third kappa shape index (κ3) is 3.32. The fourth-order valence-corrected chi connectivity index (χ4v) is 3.54. The molecule has 1 amide bonds. The standard InChI is InChI=1S/C22H17ClN2O2/c23-18-10-8-17(9-11-18)20-19(16-6-2-1-3-7-16)21(26)22(27)25(20)14-15-5-4-12-24-13-15/h1-13,20,26H,14H2. The molecular weight excluding hydrogens is 360 g/mol. The van der Waals surface area contributed by atoms with E-state index in [4.69, 9.17) is 11.6 Å². The molecule has 0 aliphatic carbocycles. The van der Waals surface area contributed by atoms with Crippen molar-refractivity contribution in [2.75, 3.05) is 0 Å². The normalized spacial score (nSPS) is 16.9. The Morgan fingerprint density at radius 1 is 1.00 bits per heavy atom. The highest BCUT2D eigenvalue weighted by molar-refractivity contribution is 6.30. The van der Waals surface area contributed by atoms with Gasteiger partial charge in [0, 0.05) is 29.5 Å². The molecule has 1 aliphatic rings. The summed E-state index contributed by atoms with van der Waals surface area (Å²) in [6.45, 7) is 0.348. The summed E-state index contributed by atoms with van der Waals surface area (Å²) in [6.07, 6.45) is 3.42. The molecule has 0 fully saturated rings. The third-order valence-electron chi connectivity index (χ3n) is 4.65. The topological polar surface area (TPSA) is 53.4 Å². The van der Waals surface area contributed by atoms with Gasteiger partial charge >= 0.3 is 0 Å². The molecule has 2 aromatic carbocycles. The van der Waals surface area contributed by atoms with Crippen LogP contribution in [0.1, 0.15) is 22.7 Å². The van der Waals surface area contributed by atoms with Crippen LogP contribution in [0.4, 0.5) is 0 Å². The lowest BCUT2D eigenvalue weighted by Gasteiger charge is -2.27. The fraction of sp³-hybridized carbons (Fsp3) is 0.0909. The molecule has 1 N–H and O–H groups in total. The van der Waals surface area contributed by atoms with Gasteiger partial charge in [-0.2, -0.15) is 0 Å². The second-order valence-electron chi connectivity index (χ2n) is 6.38. The maximum atomic E-state index is 12.9. The molecule has 1 aliphatic heterocycles. The van der Waals surface area contributed by atoms with E-state index in [0.717, 1.165) is 16.7 Å². The number of carbonyl (C=O) groups excluding carboxylic acids is 1. The van der Waals surface area contributed by atoms with Gasteiger partial charge in [-0.15, -0.1) is 0 Å². The molecule has 0 saturated carbocycles. The Balaban J connectivity index is 1.81. The zero-order chi connectivity index (χ0) is 18.8. The molecule has 0 bridgehead atoms. The largest absolute Gasteiger partial charge is 0.503 e. The molecule has 4 rings (SSSR count). The molecule has 3 aromatic rings. The predicted octanol–water partition coefficient (Wildman–Crippen LogP) is 4.79. The quantitative estimate of drug-likeness (QED) is 0.712. The second kappa shape index (κ2) is 7.25. The molecule has 27 heavy (non-hydrogen) atoms. The Kier molecular flexibility index (Phi) is 4.65. The van der Waals surface area contributed by atoms with Gasteiger partial charge in [-0.1, -0.05) is 60.1 Å². The fourth-order valence-electron chi connectivity index (χ4n) is 3.41. The van der Waals surface area contributed by atoms with Crippen LogP contribution in [0, 0.1) is 0 Å². The van der Waals surface area contributed by atoms with Crippen LogP contribution in [0.3, 0.4) is 0 Å². The van der Waals surface area contributed by atoms with Crippen LogP contribution in [-0.4, -0.2) is 20.9 Å². The van der Waals surface area contributed by atoms with E-state index in [2.05, 4.69) is 4.98 Å². The number of aliphatic hydroxyl groups is 1. The first kappa shape index (κ1) is 17.3. The van der Waals surface area contributed by atoms with E-state index in [-0.39, 0.29) is 5.76 Å². The molecular formula is C22H17ClN2O2. The molecule has 1 aromatic heterocycles. The number of rotatable bonds is 4. The minimum absolute atomic E-state index is 0.218. The van der Waals surface area contributed by atoms with Gasteiger partial charge in [-0.3, -0.25) is 9.78 Å². The highest BCUT2D eigenvalue weighted by atomic mass is 35.5. The Morgan fingerprint density at radius 3 is 2.41 bits per heavy atom. The van der Waals surface area contributed by atoms with E-state index >= 15 is 0 Å². The van der Waals surface area contributed by atoms with Crippen LogP contribution in [0.25, 0.3) is 5.57 Å². The van der Waals surface area contributed by atoms with Gasteiger partial charge in [0.05, 0.1) is 6.04 Å². The zero-order valence-corrected chi connectivity index (χ0v) is 15.2. The highest BCUT2D eigenvalue weighted by Gasteiger charge is 2.40. The summed E-state index contributed by atoms with van der Waals surface area (Å²) in [4.78, 5) is 18.7. The average Bonchev–Trinajstić information content (AvgIpc) is 2.95. The Bertz CT molecular complexity index is 986. The highest BCUT2D eigenvalue weighted by Crippen LogP contribution is 2.43. The lowest BCUT2D eigenvalue weighted by atomic mass is 9.93. The smallest absolute Gasteiger partial charge is 0.290 e. The van der Waals surface area contributed by atoms with Gasteiger partial charge in [-0.05, 0) is 34.9 Å². The Hall–Kier alpha value is -3.11. The first-order valence-electron chi connectivity index (χ1n) is 8.59. The van der Waals surface area contributed by atoms with Gasteiger partial charge < -0.3 is 10.0 Å². The maximum Gasteiger partial charge on any atom is 0.290 e. The lowest BCUT2D eigenvalue weighted by molar-refractivity contribution is -0.130. The van der Waals surface area contributed by atoms with Crippen molar-refractivity contribution in [2.24, 2.45) is 0 Å². The number of benzene rings is 2. The maximum absolute atomic E-state index is 12.9. The van der Waals surface area contributed by atoms with Crippen molar-refractivity contribution in [1.82, 2.24) is 9.88 Å². The molecule has 4 nitrogen and oxygen atoms in total. The summed E-state index contributed by atoms with van der Waals surface area (Å²) in [5.41, 5.74) is 3.20. The molecule has 2 heterocycles. The van der Waals surface area contributed by atoms with Crippen molar-refractivity contribution in [3.05, 3.63) is 107 Å². The van der Waals surface area contributed by atoms with Crippen LogP contribution >= 0.6 is 11.6 Å². The number of pyridine rings is 1. The molecule has 0 saturated heterocycles. The van der Waals surface area contributed by atoms with E-state index in [1.807, 2.05) is 54.6 Å². The molecule has 1 atom stereocenters. The molecule has 5 heteroatoms. The van der Waals surface area contributed by atoms with Crippen molar-refractivity contribution in [3.63, 3.8) is 0 Å². The van der Waals surface area contributed by atoms with E-state index < -0.39 is 11.9 Å². The first-order chi connectivity index (χ1) is 13.1. The second-order valence-corrected chi connectivity index (χ2v) is 6.81. The summed E-state index contributed by atoms with van der Waals surface area (Å²) in [5, 5.41) is 11.3. The summed E-state index contributed by atoms with van der Waals surface area (Å²) in [7, 11) is 0. The van der Waals surface area contributed by atoms with E-state index in [9.17, 15) is 9.90 Å². The van der Waals surface area contributed by atoms with Crippen LogP contribution < -0.4 is 0 Å². The van der Waals surface area contributed by atoms with Gasteiger partial charge in [0.25, 0.3) is 5.91 Å². The lowest BCUT2D eigenvalue weighted by Crippen LogP contribution is -2.29. The van der Waals surface area contributed by atoms with E-state index in [0.29, 0.717) is 17.1 Å². The van der Waals surface area contributed by atoms with Crippen molar-refractivity contribution < 1.29 is 9.90 Å². The predicted molar refractivity (Wildman–Crippen MR) is 105 cm³/mol. The van der Waals surface area contributed by atoms with Crippen LogP contribution in [0.5, 0.6) is 0 Å². The monoisotopic (exact) mass is 376 g/mol. The Morgan fingerprint density at radius 2 is 1.74 bits per heavy atom. The number of hydrogen-bond acceptors (Lipinski definition) is 3. The summed E-state index contributed by atoms with van der Waals surface area (Å²) < 4.78 is 0.